The fourth-order valence-electron chi connectivity index (χ4n) is 3.70. The van der Waals surface area contributed by atoms with Crippen LogP contribution in [-0.4, -0.2) is 38.7 Å². The molecule has 1 aliphatic heterocycles. The molecule has 1 aliphatic rings. The number of carbonyl (C=O) groups is 1. The Labute approximate surface area is 181 Å². The van der Waals surface area contributed by atoms with E-state index in [1.54, 1.807) is 29.1 Å². The lowest BCUT2D eigenvalue weighted by atomic mass is 9.97. The third-order valence-corrected chi connectivity index (χ3v) is 5.36. The number of nitrogens with one attached hydrogen (secondary N) is 1. The SMILES string of the molecule is Cc1nccn1-c1ccc(N2CCCC(C(=O)Nc3ccc(F)c(C(F)(F)F)c3)C2)nn1. The lowest BCUT2D eigenvalue weighted by Gasteiger charge is -2.32. The first kappa shape index (κ1) is 21.7. The molecule has 3 heterocycles. The highest BCUT2D eigenvalue weighted by molar-refractivity contribution is 5.93. The van der Waals surface area contributed by atoms with Gasteiger partial charge in [0, 0.05) is 31.2 Å². The van der Waals surface area contributed by atoms with Crippen LogP contribution in [0.4, 0.5) is 29.1 Å². The molecule has 0 aliphatic carbocycles. The van der Waals surface area contributed by atoms with Crippen LogP contribution < -0.4 is 10.2 Å². The number of amides is 1. The summed E-state index contributed by atoms with van der Waals surface area (Å²) in [6.45, 7) is 2.87. The maximum Gasteiger partial charge on any atom is 0.419 e. The second-order valence-electron chi connectivity index (χ2n) is 7.56. The maximum absolute atomic E-state index is 13.5. The summed E-state index contributed by atoms with van der Waals surface area (Å²) in [6, 6.07) is 6.03. The highest BCUT2D eigenvalue weighted by atomic mass is 19.4. The molecule has 0 bridgehead atoms. The van der Waals surface area contributed by atoms with Crippen LogP contribution >= 0.6 is 0 Å². The lowest BCUT2D eigenvalue weighted by Crippen LogP contribution is -2.41. The first-order chi connectivity index (χ1) is 15.2. The Morgan fingerprint density at radius 3 is 2.56 bits per heavy atom. The van der Waals surface area contributed by atoms with Gasteiger partial charge in [-0.05, 0) is 50.1 Å². The minimum absolute atomic E-state index is 0.0966. The highest BCUT2D eigenvalue weighted by Gasteiger charge is 2.34. The number of carbonyl (C=O) groups excluding carboxylic acids is 1. The Hall–Kier alpha value is -3.50. The van der Waals surface area contributed by atoms with E-state index in [1.165, 1.54) is 0 Å². The summed E-state index contributed by atoms with van der Waals surface area (Å²) in [5, 5.41) is 11.0. The number of benzene rings is 1. The molecule has 1 amide bonds. The van der Waals surface area contributed by atoms with Crippen LogP contribution in [0.5, 0.6) is 0 Å². The number of halogens is 4. The van der Waals surface area contributed by atoms with Crippen molar-refractivity contribution in [3.8, 4) is 5.82 Å². The van der Waals surface area contributed by atoms with E-state index in [-0.39, 0.29) is 5.69 Å². The summed E-state index contributed by atoms with van der Waals surface area (Å²) >= 11 is 0. The minimum atomic E-state index is -4.84. The van der Waals surface area contributed by atoms with Crippen LogP contribution in [0.2, 0.25) is 0 Å². The monoisotopic (exact) mass is 448 g/mol. The zero-order valence-corrected chi connectivity index (χ0v) is 17.1. The van der Waals surface area contributed by atoms with Gasteiger partial charge in [-0.3, -0.25) is 9.36 Å². The standard InChI is InChI=1S/C21H20F4N6O/c1-13-26-8-10-31(13)19-7-6-18(28-29-19)30-9-2-3-14(12-30)20(32)27-15-4-5-17(22)16(11-15)21(23,24)25/h4-8,10-11,14H,2-3,9,12H2,1H3,(H,27,32). The quantitative estimate of drug-likeness (QED) is 0.611. The van der Waals surface area contributed by atoms with Crippen molar-refractivity contribution in [3.63, 3.8) is 0 Å². The van der Waals surface area contributed by atoms with Gasteiger partial charge in [-0.1, -0.05) is 0 Å². The number of imidazole rings is 1. The van der Waals surface area contributed by atoms with Gasteiger partial charge in [-0.15, -0.1) is 10.2 Å². The van der Waals surface area contributed by atoms with Crippen LogP contribution in [0.3, 0.4) is 0 Å². The Kier molecular flexibility index (Phi) is 5.81. The summed E-state index contributed by atoms with van der Waals surface area (Å²) in [5.41, 5.74) is -1.51. The van der Waals surface area contributed by atoms with Gasteiger partial charge in [0.15, 0.2) is 11.6 Å². The summed E-state index contributed by atoms with van der Waals surface area (Å²) in [7, 11) is 0. The molecular formula is C21H20F4N6O. The number of hydrogen-bond acceptors (Lipinski definition) is 5. The van der Waals surface area contributed by atoms with Crippen LogP contribution in [0.1, 0.15) is 24.2 Å². The van der Waals surface area contributed by atoms with E-state index in [0.717, 1.165) is 11.9 Å². The van der Waals surface area contributed by atoms with E-state index < -0.39 is 29.4 Å². The predicted octanol–water partition coefficient (Wildman–Crippen LogP) is 3.98. The van der Waals surface area contributed by atoms with Gasteiger partial charge < -0.3 is 10.2 Å². The third-order valence-electron chi connectivity index (χ3n) is 5.36. The van der Waals surface area contributed by atoms with E-state index in [0.29, 0.717) is 49.7 Å². The Morgan fingerprint density at radius 2 is 1.91 bits per heavy atom. The summed E-state index contributed by atoms with van der Waals surface area (Å²) in [5.74, 6) is -0.269. The molecule has 0 radical (unpaired) electrons. The summed E-state index contributed by atoms with van der Waals surface area (Å²) < 4.78 is 54.0. The minimum Gasteiger partial charge on any atom is -0.354 e. The Balaban J connectivity index is 1.44. The van der Waals surface area contributed by atoms with Crippen molar-refractivity contribution >= 4 is 17.4 Å². The van der Waals surface area contributed by atoms with Gasteiger partial charge in [-0.25, -0.2) is 9.37 Å². The topological polar surface area (TPSA) is 75.9 Å². The van der Waals surface area contributed by atoms with Crippen molar-refractivity contribution < 1.29 is 22.4 Å². The molecular weight excluding hydrogens is 428 g/mol. The molecule has 3 aromatic rings. The third kappa shape index (κ3) is 4.56. The van der Waals surface area contributed by atoms with E-state index in [2.05, 4.69) is 20.5 Å². The van der Waals surface area contributed by atoms with Gasteiger partial charge in [0.2, 0.25) is 5.91 Å². The lowest BCUT2D eigenvalue weighted by molar-refractivity contribution is -0.140. The number of anilines is 2. The van der Waals surface area contributed by atoms with Crippen molar-refractivity contribution in [2.75, 3.05) is 23.3 Å². The smallest absolute Gasteiger partial charge is 0.354 e. The van der Waals surface area contributed by atoms with Crippen molar-refractivity contribution in [2.24, 2.45) is 5.92 Å². The highest BCUT2D eigenvalue weighted by Crippen LogP contribution is 2.33. The number of piperidine rings is 1. The number of aromatic nitrogens is 4. The number of aryl methyl sites for hydroxylation is 1. The predicted molar refractivity (Wildman–Crippen MR) is 109 cm³/mol. The number of nitrogens with zero attached hydrogens (tertiary/aromatic N) is 5. The van der Waals surface area contributed by atoms with Crippen LogP contribution in [0.25, 0.3) is 5.82 Å². The van der Waals surface area contributed by atoms with Crippen LogP contribution in [0, 0.1) is 18.7 Å². The molecule has 2 aromatic heterocycles. The van der Waals surface area contributed by atoms with Gasteiger partial charge in [-0.2, -0.15) is 13.2 Å². The van der Waals surface area contributed by atoms with Crippen molar-refractivity contribution in [2.45, 2.75) is 25.9 Å². The largest absolute Gasteiger partial charge is 0.419 e. The van der Waals surface area contributed by atoms with Gasteiger partial charge in [0.25, 0.3) is 0 Å². The zero-order valence-electron chi connectivity index (χ0n) is 17.1. The van der Waals surface area contributed by atoms with E-state index >= 15 is 0 Å². The fourth-order valence-corrected chi connectivity index (χ4v) is 3.70. The van der Waals surface area contributed by atoms with Gasteiger partial charge in [0.1, 0.15) is 11.6 Å². The molecule has 1 atom stereocenters. The van der Waals surface area contributed by atoms with Crippen LogP contribution in [0.15, 0.2) is 42.7 Å². The molecule has 1 saturated heterocycles. The molecule has 168 valence electrons. The first-order valence-corrected chi connectivity index (χ1v) is 9.99. The molecule has 1 unspecified atom stereocenters. The zero-order chi connectivity index (χ0) is 22.9. The van der Waals surface area contributed by atoms with Crippen molar-refractivity contribution in [1.29, 1.82) is 0 Å². The summed E-state index contributed by atoms with van der Waals surface area (Å²) in [6.07, 6.45) is -0.112. The molecule has 0 spiro atoms. The molecule has 0 saturated carbocycles. The van der Waals surface area contributed by atoms with Gasteiger partial charge >= 0.3 is 6.18 Å². The average Bonchev–Trinajstić information content (AvgIpc) is 3.20. The van der Waals surface area contributed by atoms with E-state index in [1.807, 2.05) is 11.8 Å². The molecule has 1 N–H and O–H groups in total. The molecule has 11 heteroatoms. The Morgan fingerprint density at radius 1 is 1.16 bits per heavy atom. The number of alkyl halides is 3. The van der Waals surface area contributed by atoms with Gasteiger partial charge in [0.05, 0.1) is 11.5 Å². The van der Waals surface area contributed by atoms with Crippen molar-refractivity contribution in [3.05, 3.63) is 59.9 Å². The first-order valence-electron chi connectivity index (χ1n) is 9.99. The second kappa shape index (κ2) is 8.56. The van der Waals surface area contributed by atoms with E-state index in [4.69, 9.17) is 0 Å². The molecule has 1 aromatic carbocycles. The number of hydrogen-bond donors (Lipinski definition) is 1. The molecule has 7 nitrogen and oxygen atoms in total. The molecule has 4 rings (SSSR count). The van der Waals surface area contributed by atoms with Crippen molar-refractivity contribution in [1.82, 2.24) is 19.7 Å². The molecule has 32 heavy (non-hydrogen) atoms. The summed E-state index contributed by atoms with van der Waals surface area (Å²) in [4.78, 5) is 18.7. The van der Waals surface area contributed by atoms with E-state index in [9.17, 15) is 22.4 Å². The number of rotatable bonds is 4. The normalized spacial score (nSPS) is 16.8. The Bertz CT molecular complexity index is 1110. The maximum atomic E-state index is 13.5. The molecule has 1 fully saturated rings. The average molecular weight is 448 g/mol. The fraction of sp³-hybridized carbons (Fsp3) is 0.333. The second-order valence-corrected chi connectivity index (χ2v) is 7.56. The van der Waals surface area contributed by atoms with Crippen LogP contribution in [-0.2, 0) is 11.0 Å².